The molecule has 0 bridgehead atoms. The van der Waals surface area contributed by atoms with Gasteiger partial charge in [0.2, 0.25) is 0 Å². The van der Waals surface area contributed by atoms with E-state index in [1.807, 2.05) is 27.7 Å². The second-order valence-electron chi connectivity index (χ2n) is 8.06. The monoisotopic (exact) mass is 416 g/mol. The van der Waals surface area contributed by atoms with Crippen molar-refractivity contribution in [3.8, 4) is 22.6 Å². The van der Waals surface area contributed by atoms with E-state index in [2.05, 4.69) is 4.98 Å². The molecule has 0 fully saturated rings. The molecule has 0 aliphatic rings. The van der Waals surface area contributed by atoms with Crippen molar-refractivity contribution >= 4 is 0 Å². The Morgan fingerprint density at radius 1 is 1.13 bits per heavy atom. The van der Waals surface area contributed by atoms with Crippen LogP contribution in [0.1, 0.15) is 40.2 Å². The zero-order chi connectivity index (χ0) is 22.2. The number of nitrogens with one attached hydrogen (secondary N) is 1. The van der Waals surface area contributed by atoms with Gasteiger partial charge in [0.1, 0.15) is 11.6 Å². The minimum Gasteiger partial charge on any atom is -0.496 e. The number of aryl methyl sites for hydroxylation is 1. The highest BCUT2D eigenvalue weighted by atomic mass is 19.1. The van der Waals surface area contributed by atoms with Crippen molar-refractivity contribution in [2.45, 2.75) is 39.5 Å². The van der Waals surface area contributed by atoms with Crippen molar-refractivity contribution < 1.29 is 14.9 Å². The number of rotatable bonds is 4. The van der Waals surface area contributed by atoms with Gasteiger partial charge in [-0.3, -0.25) is 14.3 Å². The highest BCUT2D eigenvalue weighted by Crippen LogP contribution is 2.44. The van der Waals surface area contributed by atoms with Crippen LogP contribution in [0, 0.1) is 11.6 Å². The van der Waals surface area contributed by atoms with Gasteiger partial charge >= 0.3 is 5.69 Å². The molecule has 7 heteroatoms. The largest absolute Gasteiger partial charge is 0.496 e. The number of hydrogen-bond acceptors (Lipinski definition) is 3. The number of ether oxygens (including phenoxy) is 1. The number of methoxy groups -OCH3 is 1. The van der Waals surface area contributed by atoms with Crippen LogP contribution in [0.25, 0.3) is 16.8 Å². The molecule has 3 aromatic rings. The fourth-order valence-corrected chi connectivity index (χ4v) is 3.40. The summed E-state index contributed by atoms with van der Waals surface area (Å²) >= 11 is 0. The van der Waals surface area contributed by atoms with Gasteiger partial charge in [-0.25, -0.2) is 13.6 Å². The second-order valence-corrected chi connectivity index (χ2v) is 8.06. The lowest BCUT2D eigenvalue weighted by atomic mass is 9.83. The molecule has 0 aliphatic carbocycles. The molecule has 3 rings (SSSR count). The smallest absolute Gasteiger partial charge is 0.333 e. The Balaban J connectivity index is 0.00000341. The highest BCUT2D eigenvalue weighted by Gasteiger charge is 2.29. The summed E-state index contributed by atoms with van der Waals surface area (Å²) < 4.78 is 37.3. The molecule has 0 radical (unpaired) electrons. The number of hydrogen-bond donors (Lipinski definition) is 1. The van der Waals surface area contributed by atoms with E-state index in [9.17, 15) is 14.0 Å². The van der Waals surface area contributed by atoms with Crippen LogP contribution in [0.4, 0.5) is 8.78 Å². The SMILES string of the molecule is CCc1ccc(-c2c(F)c(-n3ccc(=O)[nH]c3=O)cc(C(C)(C)C)c2OC)c(F)c1.[HH]. The second kappa shape index (κ2) is 7.89. The topological polar surface area (TPSA) is 64.1 Å². The number of H-pyrrole nitrogens is 1. The summed E-state index contributed by atoms with van der Waals surface area (Å²) in [4.78, 5) is 25.9. The molecule has 0 saturated carbocycles. The first-order valence-electron chi connectivity index (χ1n) is 9.60. The fourth-order valence-electron chi connectivity index (χ4n) is 3.40. The molecule has 30 heavy (non-hydrogen) atoms. The highest BCUT2D eigenvalue weighted by molar-refractivity contribution is 5.77. The lowest BCUT2D eigenvalue weighted by molar-refractivity contribution is 0.395. The molecule has 0 unspecified atom stereocenters. The first kappa shape index (κ1) is 21.5. The van der Waals surface area contributed by atoms with Crippen molar-refractivity contribution in [1.29, 1.82) is 0 Å². The van der Waals surface area contributed by atoms with Crippen LogP contribution in [0.15, 0.2) is 46.1 Å². The average molecular weight is 416 g/mol. The van der Waals surface area contributed by atoms with Crippen LogP contribution in [0.2, 0.25) is 0 Å². The van der Waals surface area contributed by atoms with Crippen LogP contribution < -0.4 is 16.0 Å². The normalized spacial score (nSPS) is 11.6. The first-order chi connectivity index (χ1) is 14.1. The predicted molar refractivity (Wildman–Crippen MR) is 115 cm³/mol. The Bertz CT molecular complexity index is 1230. The Morgan fingerprint density at radius 3 is 2.37 bits per heavy atom. The third kappa shape index (κ3) is 3.79. The summed E-state index contributed by atoms with van der Waals surface area (Å²) in [6, 6.07) is 7.23. The first-order valence-corrected chi connectivity index (χ1v) is 9.60. The molecule has 0 saturated heterocycles. The average Bonchev–Trinajstić information content (AvgIpc) is 2.67. The summed E-state index contributed by atoms with van der Waals surface area (Å²) in [5, 5.41) is 0. The zero-order valence-corrected chi connectivity index (χ0v) is 17.6. The van der Waals surface area contributed by atoms with Gasteiger partial charge in [0.15, 0.2) is 5.82 Å². The Labute approximate surface area is 174 Å². The van der Waals surface area contributed by atoms with Gasteiger partial charge in [-0.15, -0.1) is 0 Å². The van der Waals surface area contributed by atoms with Crippen LogP contribution >= 0.6 is 0 Å². The third-order valence-corrected chi connectivity index (χ3v) is 5.00. The van der Waals surface area contributed by atoms with E-state index in [0.29, 0.717) is 12.0 Å². The molecule has 5 nitrogen and oxygen atoms in total. The van der Waals surface area contributed by atoms with E-state index in [1.54, 1.807) is 6.07 Å². The maximum absolute atomic E-state index is 15.8. The molecule has 2 aromatic carbocycles. The number of halogens is 2. The summed E-state index contributed by atoms with van der Waals surface area (Å²) in [5.41, 5.74) is -0.663. The zero-order valence-electron chi connectivity index (χ0n) is 17.6. The van der Waals surface area contributed by atoms with E-state index in [1.165, 1.54) is 31.5 Å². The summed E-state index contributed by atoms with van der Waals surface area (Å²) in [6.45, 7) is 7.62. The Hall–Kier alpha value is -3.22. The number of aromatic amines is 1. The van der Waals surface area contributed by atoms with E-state index in [-0.39, 0.29) is 24.0 Å². The molecular weight excluding hydrogens is 390 g/mol. The van der Waals surface area contributed by atoms with Crippen LogP contribution in [0.3, 0.4) is 0 Å². The third-order valence-electron chi connectivity index (χ3n) is 5.00. The molecule has 0 amide bonds. The van der Waals surface area contributed by atoms with E-state index >= 15 is 4.39 Å². The molecule has 0 atom stereocenters. The van der Waals surface area contributed by atoms with Crippen molar-refractivity contribution in [1.82, 2.24) is 9.55 Å². The Morgan fingerprint density at radius 2 is 1.83 bits per heavy atom. The molecule has 1 aromatic heterocycles. The van der Waals surface area contributed by atoms with Crippen LogP contribution in [-0.2, 0) is 11.8 Å². The van der Waals surface area contributed by atoms with Crippen molar-refractivity contribution in [3.05, 3.63) is 80.1 Å². The quantitative estimate of drug-likeness (QED) is 0.677. The lowest BCUT2D eigenvalue weighted by Crippen LogP contribution is -2.28. The predicted octanol–water partition coefficient (Wildman–Crippen LogP) is 4.59. The van der Waals surface area contributed by atoms with Crippen molar-refractivity contribution in [3.63, 3.8) is 0 Å². The van der Waals surface area contributed by atoms with Gasteiger partial charge in [-0.2, -0.15) is 0 Å². The molecule has 0 aliphatic heterocycles. The van der Waals surface area contributed by atoms with Crippen molar-refractivity contribution in [2.75, 3.05) is 7.11 Å². The maximum Gasteiger partial charge on any atom is 0.333 e. The molecule has 1 heterocycles. The van der Waals surface area contributed by atoms with Gasteiger partial charge in [-0.1, -0.05) is 39.8 Å². The maximum atomic E-state index is 15.8. The van der Waals surface area contributed by atoms with E-state index in [0.717, 1.165) is 16.2 Å². The van der Waals surface area contributed by atoms with Gasteiger partial charge in [0.25, 0.3) is 5.56 Å². The number of aromatic nitrogens is 2. The summed E-state index contributed by atoms with van der Waals surface area (Å²) in [6.07, 6.45) is 1.83. The van der Waals surface area contributed by atoms with Gasteiger partial charge in [0.05, 0.1) is 18.4 Å². The van der Waals surface area contributed by atoms with Crippen molar-refractivity contribution in [2.24, 2.45) is 0 Å². The molecule has 1 N–H and O–H groups in total. The van der Waals surface area contributed by atoms with Crippen LogP contribution in [-0.4, -0.2) is 16.7 Å². The Kier molecular flexibility index (Phi) is 5.65. The number of nitrogens with zero attached hydrogens (tertiary/aromatic N) is 1. The molecule has 160 valence electrons. The van der Waals surface area contributed by atoms with E-state index < -0.39 is 28.3 Å². The number of benzene rings is 2. The van der Waals surface area contributed by atoms with Gasteiger partial charge in [0, 0.05) is 24.8 Å². The van der Waals surface area contributed by atoms with E-state index in [4.69, 9.17) is 4.74 Å². The lowest BCUT2D eigenvalue weighted by Gasteiger charge is -2.26. The minimum atomic E-state index is -0.822. The van der Waals surface area contributed by atoms with Gasteiger partial charge < -0.3 is 4.74 Å². The molecule has 0 spiro atoms. The fraction of sp³-hybridized carbons (Fsp3) is 0.304. The standard InChI is InChI=1S/C23H24F2N2O3.H2/c1-6-13-7-8-14(16(24)11-13)19-20(25)17(27-10-9-18(28)26-22(27)29)12-15(21(19)30-5)23(2,3)4;/h7-12H,6H2,1-5H3,(H,26,28,29);1H. The summed E-state index contributed by atoms with van der Waals surface area (Å²) in [5.74, 6) is -1.21. The van der Waals surface area contributed by atoms with Gasteiger partial charge in [-0.05, 0) is 29.5 Å². The summed E-state index contributed by atoms with van der Waals surface area (Å²) in [7, 11) is 1.40. The molecular formula is C23H26F2N2O3. The van der Waals surface area contributed by atoms with Crippen LogP contribution in [0.5, 0.6) is 5.75 Å². The minimum absolute atomic E-state index is 0.